The molecular weight excluding hydrogens is 279 g/mol. The van der Waals surface area contributed by atoms with Gasteiger partial charge in [-0.3, -0.25) is 10.1 Å². The SMILES string of the molecule is CC1(C)C(Nc2cc(F)c(C(=O)O)cc2[N+](=O)[O-])C1(C)C. The number of carboxylic acids is 1. The van der Waals surface area contributed by atoms with Gasteiger partial charge >= 0.3 is 5.97 Å². The maximum absolute atomic E-state index is 13.8. The summed E-state index contributed by atoms with van der Waals surface area (Å²) in [6.07, 6.45) is 0. The van der Waals surface area contributed by atoms with E-state index in [0.29, 0.717) is 0 Å². The molecule has 1 fully saturated rings. The lowest BCUT2D eigenvalue weighted by Crippen LogP contribution is -2.13. The van der Waals surface area contributed by atoms with Gasteiger partial charge in [0.2, 0.25) is 0 Å². The number of nitrogens with one attached hydrogen (secondary N) is 1. The first-order chi connectivity index (χ1) is 9.50. The number of carbonyl (C=O) groups is 1. The van der Waals surface area contributed by atoms with Crippen molar-refractivity contribution in [2.45, 2.75) is 33.7 Å². The molecular formula is C14H17FN2O4. The minimum atomic E-state index is -1.53. The fourth-order valence-corrected chi connectivity index (χ4v) is 2.71. The summed E-state index contributed by atoms with van der Waals surface area (Å²) in [6.45, 7) is 8.05. The van der Waals surface area contributed by atoms with Crippen LogP contribution in [0.3, 0.4) is 0 Å². The highest BCUT2D eigenvalue weighted by Gasteiger charge is 2.65. The lowest BCUT2D eigenvalue weighted by atomic mass is 10.0. The van der Waals surface area contributed by atoms with Gasteiger partial charge in [0.05, 0.1) is 4.92 Å². The molecule has 1 saturated carbocycles. The lowest BCUT2D eigenvalue weighted by molar-refractivity contribution is -0.384. The van der Waals surface area contributed by atoms with Crippen molar-refractivity contribution >= 4 is 17.3 Å². The van der Waals surface area contributed by atoms with Gasteiger partial charge in [-0.15, -0.1) is 0 Å². The van der Waals surface area contributed by atoms with Crippen LogP contribution in [0.1, 0.15) is 38.1 Å². The van der Waals surface area contributed by atoms with E-state index in [9.17, 15) is 19.3 Å². The molecule has 0 atom stereocenters. The van der Waals surface area contributed by atoms with Crippen LogP contribution in [-0.2, 0) is 0 Å². The predicted molar refractivity (Wildman–Crippen MR) is 75.0 cm³/mol. The molecule has 0 saturated heterocycles. The Morgan fingerprint density at radius 2 is 1.86 bits per heavy atom. The average molecular weight is 296 g/mol. The standard InChI is InChI=1S/C14H17FN2O4/c1-13(2)12(14(13,3)4)16-9-6-8(15)7(11(18)19)5-10(9)17(20)21/h5-6,12,16H,1-4H3,(H,18,19). The van der Waals surface area contributed by atoms with Crippen LogP contribution in [0.4, 0.5) is 15.8 Å². The Morgan fingerprint density at radius 3 is 2.24 bits per heavy atom. The maximum atomic E-state index is 13.8. The number of halogens is 1. The molecule has 0 aliphatic heterocycles. The van der Waals surface area contributed by atoms with Crippen molar-refractivity contribution in [3.63, 3.8) is 0 Å². The van der Waals surface area contributed by atoms with E-state index < -0.39 is 28.0 Å². The zero-order chi connectivity index (χ0) is 16.2. The number of hydrogen-bond donors (Lipinski definition) is 2. The summed E-state index contributed by atoms with van der Waals surface area (Å²) in [5.74, 6) is -2.53. The van der Waals surface area contributed by atoms with Gasteiger partial charge in [-0.1, -0.05) is 27.7 Å². The minimum absolute atomic E-state index is 0.00569. The summed E-state index contributed by atoms with van der Waals surface area (Å²) in [6, 6.07) is 1.58. The average Bonchev–Trinajstić information content (AvgIpc) is 2.71. The molecule has 0 radical (unpaired) electrons. The number of nitro benzene ring substituents is 1. The Bertz CT molecular complexity index is 626. The summed E-state index contributed by atoms with van der Waals surface area (Å²) >= 11 is 0. The summed E-state index contributed by atoms with van der Waals surface area (Å²) in [5, 5.41) is 22.9. The molecule has 2 rings (SSSR count). The van der Waals surface area contributed by atoms with Crippen molar-refractivity contribution in [2.75, 3.05) is 5.32 Å². The van der Waals surface area contributed by atoms with Crippen molar-refractivity contribution in [3.05, 3.63) is 33.6 Å². The second kappa shape index (κ2) is 4.41. The number of nitro groups is 1. The largest absolute Gasteiger partial charge is 0.478 e. The topological polar surface area (TPSA) is 92.5 Å². The first-order valence-electron chi connectivity index (χ1n) is 6.48. The number of nitrogens with zero attached hydrogens (tertiary/aromatic N) is 1. The predicted octanol–water partition coefficient (Wildman–Crippen LogP) is 3.28. The highest BCUT2D eigenvalue weighted by atomic mass is 19.1. The first-order valence-corrected chi connectivity index (χ1v) is 6.48. The molecule has 114 valence electrons. The molecule has 0 unspecified atom stereocenters. The molecule has 0 heterocycles. The van der Waals surface area contributed by atoms with Crippen molar-refractivity contribution in [1.82, 2.24) is 0 Å². The second-order valence-corrected chi connectivity index (χ2v) is 6.43. The molecule has 0 aromatic heterocycles. The molecule has 21 heavy (non-hydrogen) atoms. The van der Waals surface area contributed by atoms with E-state index in [-0.39, 0.29) is 22.6 Å². The number of hydrogen-bond acceptors (Lipinski definition) is 4. The van der Waals surface area contributed by atoms with Crippen molar-refractivity contribution in [2.24, 2.45) is 10.8 Å². The normalized spacial score (nSPS) is 19.1. The third kappa shape index (κ3) is 2.22. The smallest absolute Gasteiger partial charge is 0.338 e. The number of carboxylic acid groups (broad SMARTS) is 1. The summed E-state index contributed by atoms with van der Waals surface area (Å²) in [5.41, 5.74) is -1.33. The van der Waals surface area contributed by atoms with E-state index in [4.69, 9.17) is 5.11 Å². The highest BCUT2D eigenvalue weighted by molar-refractivity contribution is 5.90. The fourth-order valence-electron chi connectivity index (χ4n) is 2.71. The molecule has 0 bridgehead atoms. The molecule has 0 spiro atoms. The number of anilines is 1. The first kappa shape index (κ1) is 15.2. The monoisotopic (exact) mass is 296 g/mol. The molecule has 1 aromatic rings. The van der Waals surface area contributed by atoms with Gasteiger partial charge in [0.15, 0.2) is 0 Å². The van der Waals surface area contributed by atoms with Crippen molar-refractivity contribution < 1.29 is 19.2 Å². The molecule has 1 aromatic carbocycles. The maximum Gasteiger partial charge on any atom is 0.338 e. The van der Waals surface area contributed by atoms with E-state index in [1.807, 2.05) is 27.7 Å². The Hall–Kier alpha value is -2.18. The van der Waals surface area contributed by atoms with E-state index >= 15 is 0 Å². The molecule has 6 nitrogen and oxygen atoms in total. The van der Waals surface area contributed by atoms with Crippen LogP contribution >= 0.6 is 0 Å². The van der Waals surface area contributed by atoms with Crippen LogP contribution in [0.2, 0.25) is 0 Å². The van der Waals surface area contributed by atoms with Crippen LogP contribution in [0.15, 0.2) is 12.1 Å². The van der Waals surface area contributed by atoms with Crippen LogP contribution in [-0.4, -0.2) is 22.0 Å². The van der Waals surface area contributed by atoms with Gasteiger partial charge in [0.1, 0.15) is 17.1 Å². The summed E-state index contributed by atoms with van der Waals surface area (Å²) < 4.78 is 13.8. The quantitative estimate of drug-likeness (QED) is 0.657. The van der Waals surface area contributed by atoms with Gasteiger partial charge in [-0.05, 0) is 10.8 Å². The Labute approximate surface area is 121 Å². The van der Waals surface area contributed by atoms with Gasteiger partial charge in [0.25, 0.3) is 5.69 Å². The third-order valence-corrected chi connectivity index (χ3v) is 4.83. The summed E-state index contributed by atoms with van der Waals surface area (Å²) in [7, 11) is 0. The van der Waals surface area contributed by atoms with Crippen LogP contribution in [0.25, 0.3) is 0 Å². The molecule has 7 heteroatoms. The van der Waals surface area contributed by atoms with E-state index in [2.05, 4.69) is 5.32 Å². The highest BCUT2D eigenvalue weighted by Crippen LogP contribution is 2.64. The van der Waals surface area contributed by atoms with Crippen LogP contribution in [0.5, 0.6) is 0 Å². The van der Waals surface area contributed by atoms with Crippen LogP contribution < -0.4 is 5.32 Å². The second-order valence-electron chi connectivity index (χ2n) is 6.43. The zero-order valence-electron chi connectivity index (χ0n) is 12.2. The molecule has 2 N–H and O–H groups in total. The number of benzene rings is 1. The molecule has 0 amide bonds. The molecule has 1 aliphatic carbocycles. The van der Waals surface area contributed by atoms with Gasteiger partial charge in [0, 0.05) is 18.2 Å². The van der Waals surface area contributed by atoms with E-state index in [1.54, 1.807) is 0 Å². The van der Waals surface area contributed by atoms with Gasteiger partial charge in [-0.25, -0.2) is 9.18 Å². The Balaban J connectivity index is 2.43. The Morgan fingerprint density at radius 1 is 1.33 bits per heavy atom. The van der Waals surface area contributed by atoms with Gasteiger partial charge < -0.3 is 10.4 Å². The Kier molecular flexibility index (Phi) is 3.19. The zero-order valence-corrected chi connectivity index (χ0v) is 12.2. The minimum Gasteiger partial charge on any atom is -0.478 e. The van der Waals surface area contributed by atoms with Gasteiger partial charge in [-0.2, -0.15) is 0 Å². The number of aromatic carboxylic acids is 1. The lowest BCUT2D eigenvalue weighted by Gasteiger charge is -2.10. The van der Waals surface area contributed by atoms with E-state index in [1.165, 1.54) is 0 Å². The van der Waals surface area contributed by atoms with E-state index in [0.717, 1.165) is 12.1 Å². The van der Waals surface area contributed by atoms with Crippen molar-refractivity contribution in [1.29, 1.82) is 0 Å². The summed E-state index contributed by atoms with van der Waals surface area (Å²) in [4.78, 5) is 21.2. The van der Waals surface area contributed by atoms with Crippen LogP contribution in [0, 0.1) is 26.8 Å². The molecule has 1 aliphatic rings. The van der Waals surface area contributed by atoms with Crippen molar-refractivity contribution in [3.8, 4) is 0 Å². The third-order valence-electron chi connectivity index (χ3n) is 4.83. The number of rotatable bonds is 4. The fraction of sp³-hybridized carbons (Fsp3) is 0.500.